The molecule has 0 radical (unpaired) electrons. The van der Waals surface area contributed by atoms with Gasteiger partial charge in [-0.05, 0) is 49.7 Å². The molecule has 0 aliphatic carbocycles. The lowest BCUT2D eigenvalue weighted by atomic mass is 9.75. The van der Waals surface area contributed by atoms with Gasteiger partial charge in [-0.2, -0.15) is 0 Å². The largest absolute Gasteiger partial charge is 0.490 e. The van der Waals surface area contributed by atoms with Crippen LogP contribution in [0.1, 0.15) is 18.9 Å². The third kappa shape index (κ3) is 2.88. The number of rotatable bonds is 3. The number of Topliss-reactive ketones (excluding diaryl/α,β-unsaturated/α-hetero) is 1. The molecule has 3 atom stereocenters. The molecule has 0 unspecified atom stereocenters. The van der Waals surface area contributed by atoms with Crippen molar-refractivity contribution in [2.45, 2.75) is 29.1 Å². The van der Waals surface area contributed by atoms with Gasteiger partial charge in [-0.1, -0.05) is 11.6 Å². The fraction of sp³-hybridized carbons (Fsp3) is 0.350. The molecule has 0 N–H and O–H groups in total. The Morgan fingerprint density at radius 3 is 2.45 bits per heavy atom. The van der Waals surface area contributed by atoms with Crippen molar-refractivity contribution >= 4 is 27.2 Å². The van der Waals surface area contributed by atoms with E-state index in [0.29, 0.717) is 5.02 Å². The molecular formula is C20H17ClF2O5S. The summed E-state index contributed by atoms with van der Waals surface area (Å²) in [5, 5.41) is 0.330. The van der Waals surface area contributed by atoms with Gasteiger partial charge in [0, 0.05) is 11.6 Å². The van der Waals surface area contributed by atoms with Crippen molar-refractivity contribution in [3.8, 4) is 5.75 Å². The van der Waals surface area contributed by atoms with Crippen LogP contribution in [-0.2, 0) is 24.1 Å². The lowest BCUT2D eigenvalue weighted by Gasteiger charge is -2.49. The van der Waals surface area contributed by atoms with Gasteiger partial charge in [-0.25, -0.2) is 17.2 Å². The third-order valence-corrected chi connectivity index (χ3v) is 8.44. The van der Waals surface area contributed by atoms with E-state index in [4.69, 9.17) is 21.1 Å². The molecule has 29 heavy (non-hydrogen) atoms. The molecule has 2 aliphatic heterocycles. The van der Waals surface area contributed by atoms with Gasteiger partial charge in [0.2, 0.25) is 0 Å². The first-order valence-electron chi connectivity index (χ1n) is 8.93. The molecular weight excluding hydrogens is 426 g/mol. The number of hydrogen-bond acceptors (Lipinski definition) is 5. The van der Waals surface area contributed by atoms with Gasteiger partial charge in [0.05, 0.1) is 23.0 Å². The third-order valence-electron chi connectivity index (χ3n) is 5.63. The summed E-state index contributed by atoms with van der Waals surface area (Å²) >= 11 is 5.89. The quantitative estimate of drug-likeness (QED) is 0.725. The molecule has 2 aromatic rings. The molecule has 0 spiro atoms. The first-order chi connectivity index (χ1) is 13.7. The zero-order chi connectivity index (χ0) is 21.0. The first-order valence-corrected chi connectivity index (χ1v) is 10.8. The minimum absolute atomic E-state index is 0.104. The molecule has 0 saturated carbocycles. The summed E-state index contributed by atoms with van der Waals surface area (Å²) in [6.45, 7) is 0.862. The maximum absolute atomic E-state index is 15.0. The molecule has 0 amide bonds. The summed E-state index contributed by atoms with van der Waals surface area (Å²) in [5.74, 6) is -3.67. The first kappa shape index (κ1) is 20.3. The highest BCUT2D eigenvalue weighted by atomic mass is 35.5. The van der Waals surface area contributed by atoms with E-state index in [0.717, 1.165) is 12.1 Å². The monoisotopic (exact) mass is 442 g/mol. The van der Waals surface area contributed by atoms with Gasteiger partial charge in [-0.3, -0.25) is 4.79 Å². The number of fused-ring (bicyclic) bond motifs is 3. The summed E-state index contributed by atoms with van der Waals surface area (Å²) in [6, 6.07) is 7.20. The van der Waals surface area contributed by atoms with Gasteiger partial charge in [0.1, 0.15) is 16.7 Å². The highest BCUT2D eigenvalue weighted by Crippen LogP contribution is 2.55. The predicted molar refractivity (Wildman–Crippen MR) is 101 cm³/mol. The number of benzene rings is 2. The van der Waals surface area contributed by atoms with Crippen LogP contribution in [0.2, 0.25) is 5.02 Å². The Morgan fingerprint density at radius 2 is 1.79 bits per heavy atom. The topological polar surface area (TPSA) is 69.7 Å². The summed E-state index contributed by atoms with van der Waals surface area (Å²) in [4.78, 5) is 12.1. The van der Waals surface area contributed by atoms with Crippen LogP contribution in [0.15, 0.2) is 41.3 Å². The number of ketones is 1. The Balaban J connectivity index is 2.05. The maximum Gasteiger partial charge on any atom is 0.189 e. The summed E-state index contributed by atoms with van der Waals surface area (Å²) in [5.41, 5.74) is -0.391. The molecule has 1 saturated heterocycles. The van der Waals surface area contributed by atoms with Crippen LogP contribution < -0.4 is 4.74 Å². The van der Waals surface area contributed by atoms with Crippen molar-refractivity contribution in [3.63, 3.8) is 0 Å². The zero-order valence-electron chi connectivity index (χ0n) is 15.3. The second-order valence-corrected chi connectivity index (χ2v) is 9.79. The van der Waals surface area contributed by atoms with Crippen LogP contribution in [0, 0.1) is 17.6 Å². The number of carbonyl (C=O) groups is 1. The predicted octanol–water partition coefficient (Wildman–Crippen LogP) is 3.67. The minimum atomic E-state index is -4.30. The highest BCUT2D eigenvalue weighted by Gasteiger charge is 2.62. The second-order valence-electron chi connectivity index (χ2n) is 7.15. The molecule has 2 aromatic carbocycles. The van der Waals surface area contributed by atoms with Crippen LogP contribution in [0.3, 0.4) is 0 Å². The molecule has 154 valence electrons. The molecule has 9 heteroatoms. The smallest absolute Gasteiger partial charge is 0.189 e. The van der Waals surface area contributed by atoms with E-state index in [1.165, 1.54) is 31.2 Å². The van der Waals surface area contributed by atoms with E-state index in [1.54, 1.807) is 0 Å². The summed E-state index contributed by atoms with van der Waals surface area (Å²) < 4.78 is 66.4. The molecule has 4 rings (SSSR count). The average molecular weight is 443 g/mol. The molecule has 0 aromatic heterocycles. The number of hydrogen-bond donors (Lipinski definition) is 0. The van der Waals surface area contributed by atoms with Gasteiger partial charge < -0.3 is 9.47 Å². The van der Waals surface area contributed by atoms with Crippen molar-refractivity contribution < 1.29 is 31.5 Å². The lowest BCUT2D eigenvalue weighted by Crippen LogP contribution is -2.59. The standard InChI is InChI=1S/C20H17ClF2O5S/c1-11(24)18-14-10-28-19-16(23)7-6-15(22)17(19)20(14,8-9-27-18)29(25,26)13-4-2-12(21)3-5-13/h2-7,14,18H,8-10H2,1H3/t14-,18-,20-/m0/s1. The zero-order valence-corrected chi connectivity index (χ0v) is 16.9. The minimum Gasteiger partial charge on any atom is -0.490 e. The van der Waals surface area contributed by atoms with Crippen LogP contribution in [-0.4, -0.2) is 33.5 Å². The Labute approximate surface area is 171 Å². The van der Waals surface area contributed by atoms with E-state index < -0.39 is 55.3 Å². The van der Waals surface area contributed by atoms with Crippen molar-refractivity contribution in [2.24, 2.45) is 5.92 Å². The van der Waals surface area contributed by atoms with E-state index in [2.05, 4.69) is 0 Å². The van der Waals surface area contributed by atoms with Crippen LogP contribution in [0.4, 0.5) is 8.78 Å². The summed E-state index contributed by atoms with van der Waals surface area (Å²) in [6.07, 6.45) is -1.27. The number of sulfone groups is 1. The van der Waals surface area contributed by atoms with Crippen LogP contribution >= 0.6 is 11.6 Å². The normalized spacial score (nSPS) is 26.2. The molecule has 2 aliphatic rings. The van der Waals surface area contributed by atoms with Gasteiger partial charge >= 0.3 is 0 Å². The lowest BCUT2D eigenvalue weighted by molar-refractivity contribution is -0.141. The molecule has 5 nitrogen and oxygen atoms in total. The maximum atomic E-state index is 15.0. The van der Waals surface area contributed by atoms with Crippen molar-refractivity contribution in [3.05, 3.63) is 58.6 Å². The van der Waals surface area contributed by atoms with Crippen LogP contribution in [0.5, 0.6) is 5.75 Å². The summed E-state index contributed by atoms with van der Waals surface area (Å²) in [7, 11) is -4.30. The molecule has 1 fully saturated rings. The van der Waals surface area contributed by atoms with Crippen LogP contribution in [0.25, 0.3) is 0 Å². The Kier molecular flexibility index (Phi) is 4.91. The molecule has 2 heterocycles. The van der Waals surface area contributed by atoms with Crippen molar-refractivity contribution in [1.29, 1.82) is 0 Å². The fourth-order valence-corrected chi connectivity index (χ4v) is 6.79. The van der Waals surface area contributed by atoms with Gasteiger partial charge in [0.25, 0.3) is 0 Å². The van der Waals surface area contributed by atoms with E-state index >= 15 is 4.39 Å². The number of carbonyl (C=O) groups excluding carboxylic acids is 1. The SMILES string of the molecule is CC(=O)[C@@H]1OCC[C@@]2(S(=O)(=O)c3ccc(Cl)cc3)c3c(F)ccc(F)c3OC[C@@H]12. The van der Waals surface area contributed by atoms with Gasteiger partial charge in [0.15, 0.2) is 27.2 Å². The number of ether oxygens (including phenoxy) is 2. The van der Waals surface area contributed by atoms with Crippen molar-refractivity contribution in [1.82, 2.24) is 0 Å². The van der Waals surface area contributed by atoms with E-state index in [9.17, 15) is 17.6 Å². The average Bonchev–Trinajstić information content (AvgIpc) is 2.69. The highest BCUT2D eigenvalue weighted by molar-refractivity contribution is 7.92. The van der Waals surface area contributed by atoms with E-state index in [-0.39, 0.29) is 24.5 Å². The fourth-order valence-electron chi connectivity index (χ4n) is 4.35. The Bertz CT molecular complexity index is 1090. The molecule has 0 bridgehead atoms. The Morgan fingerprint density at radius 1 is 1.14 bits per heavy atom. The number of halogens is 3. The van der Waals surface area contributed by atoms with E-state index in [1.807, 2.05) is 0 Å². The second kappa shape index (κ2) is 7.04. The Hall–Kier alpha value is -2.03. The van der Waals surface area contributed by atoms with Gasteiger partial charge in [-0.15, -0.1) is 0 Å². The van der Waals surface area contributed by atoms with Crippen molar-refractivity contribution in [2.75, 3.05) is 13.2 Å².